The maximum absolute atomic E-state index is 12.7. The number of rotatable bonds is 2. The Bertz CT molecular complexity index is 570. The lowest BCUT2D eigenvalue weighted by Gasteiger charge is -2.28. The monoisotopic (exact) mass is 307 g/mol. The van der Waals surface area contributed by atoms with Crippen LogP contribution in [0.3, 0.4) is 0 Å². The number of hydrogen-bond acceptors (Lipinski definition) is 3. The first-order chi connectivity index (χ1) is 9.19. The van der Waals surface area contributed by atoms with E-state index in [1.54, 1.807) is 6.07 Å². The summed E-state index contributed by atoms with van der Waals surface area (Å²) in [5, 5.41) is 0. The molecule has 1 atom stereocenters. The molecule has 1 unspecified atom stereocenters. The number of hydrogen-bond donors (Lipinski definition) is 1. The van der Waals surface area contributed by atoms with Crippen LogP contribution in [0.25, 0.3) is 0 Å². The first-order valence-electron chi connectivity index (χ1n) is 6.32. The van der Waals surface area contributed by atoms with Crippen LogP contribution >= 0.6 is 0 Å². The molecule has 3 nitrogen and oxygen atoms in total. The maximum Gasteiger partial charge on any atom is 0.416 e. The smallest absolute Gasteiger partial charge is 0.324 e. The summed E-state index contributed by atoms with van der Waals surface area (Å²) >= 11 is 0. The Kier molecular flexibility index (Phi) is 4.11. The highest BCUT2D eigenvalue weighted by molar-refractivity contribution is 7.91. The van der Waals surface area contributed by atoms with Crippen molar-refractivity contribution in [2.75, 3.05) is 11.5 Å². The van der Waals surface area contributed by atoms with Gasteiger partial charge in [0.1, 0.15) is 9.84 Å². The first kappa shape index (κ1) is 15.3. The zero-order valence-corrected chi connectivity index (χ0v) is 11.5. The van der Waals surface area contributed by atoms with Crippen LogP contribution in [0.15, 0.2) is 24.3 Å². The van der Waals surface area contributed by atoms with Gasteiger partial charge in [-0.3, -0.25) is 0 Å². The van der Waals surface area contributed by atoms with E-state index in [1.807, 2.05) is 0 Å². The van der Waals surface area contributed by atoms with E-state index in [9.17, 15) is 21.6 Å². The van der Waals surface area contributed by atoms with Crippen molar-refractivity contribution < 1.29 is 21.6 Å². The molecule has 0 bridgehead atoms. The number of benzene rings is 1. The summed E-state index contributed by atoms with van der Waals surface area (Å²) in [6.45, 7) is 0. The van der Waals surface area contributed by atoms with Crippen molar-refractivity contribution in [2.24, 2.45) is 11.7 Å². The quantitative estimate of drug-likeness (QED) is 0.913. The van der Waals surface area contributed by atoms with E-state index >= 15 is 0 Å². The Morgan fingerprint density at radius 2 is 1.80 bits per heavy atom. The van der Waals surface area contributed by atoms with Crippen LogP contribution in [-0.4, -0.2) is 19.9 Å². The zero-order chi connectivity index (χ0) is 15.0. The summed E-state index contributed by atoms with van der Waals surface area (Å²) < 4.78 is 60.7. The molecule has 1 aliphatic rings. The third kappa shape index (κ3) is 3.52. The average Bonchev–Trinajstić information content (AvgIpc) is 2.37. The number of alkyl halides is 3. The Morgan fingerprint density at radius 3 is 2.35 bits per heavy atom. The second-order valence-electron chi connectivity index (χ2n) is 5.14. The van der Waals surface area contributed by atoms with Gasteiger partial charge in [0.2, 0.25) is 0 Å². The summed E-state index contributed by atoms with van der Waals surface area (Å²) in [6.07, 6.45) is -3.59. The SMILES string of the molecule is NC(c1cccc(C(F)(F)F)c1)C1CCS(=O)(=O)CC1. The summed E-state index contributed by atoms with van der Waals surface area (Å²) in [6, 6.07) is 4.38. The minimum Gasteiger partial charge on any atom is -0.324 e. The van der Waals surface area contributed by atoms with Crippen LogP contribution in [0.5, 0.6) is 0 Å². The van der Waals surface area contributed by atoms with Gasteiger partial charge < -0.3 is 5.73 Å². The van der Waals surface area contributed by atoms with Crippen molar-refractivity contribution in [1.82, 2.24) is 0 Å². The van der Waals surface area contributed by atoms with Crippen molar-refractivity contribution in [3.8, 4) is 0 Å². The number of nitrogens with two attached hydrogens (primary N) is 1. The lowest BCUT2D eigenvalue weighted by Crippen LogP contribution is -2.31. The second kappa shape index (κ2) is 5.37. The van der Waals surface area contributed by atoms with Gasteiger partial charge in [0.15, 0.2) is 0 Å². The second-order valence-corrected chi connectivity index (χ2v) is 7.44. The molecule has 20 heavy (non-hydrogen) atoms. The van der Waals surface area contributed by atoms with E-state index in [2.05, 4.69) is 0 Å². The van der Waals surface area contributed by atoms with Gasteiger partial charge in [0.05, 0.1) is 17.1 Å². The standard InChI is InChI=1S/C13H16F3NO2S/c14-13(15,16)11-3-1-2-10(8-11)12(17)9-4-6-20(18,19)7-5-9/h1-3,8-9,12H,4-7,17H2. The Labute approximate surface area is 115 Å². The first-order valence-corrected chi connectivity index (χ1v) is 8.14. The molecular weight excluding hydrogens is 291 g/mol. The molecule has 0 amide bonds. The van der Waals surface area contributed by atoms with Gasteiger partial charge in [-0.05, 0) is 36.5 Å². The molecule has 0 radical (unpaired) electrons. The third-order valence-corrected chi connectivity index (χ3v) is 5.42. The molecule has 7 heteroatoms. The normalized spacial score (nSPS) is 21.6. The molecule has 0 spiro atoms. The molecule has 112 valence electrons. The third-order valence-electron chi connectivity index (χ3n) is 3.71. The van der Waals surface area contributed by atoms with Crippen LogP contribution in [0.4, 0.5) is 13.2 Å². The maximum atomic E-state index is 12.7. The molecule has 1 saturated heterocycles. The van der Waals surface area contributed by atoms with Crippen molar-refractivity contribution in [3.05, 3.63) is 35.4 Å². The molecule has 0 saturated carbocycles. The van der Waals surface area contributed by atoms with Crippen LogP contribution < -0.4 is 5.73 Å². The molecule has 1 heterocycles. The lowest BCUT2D eigenvalue weighted by molar-refractivity contribution is -0.137. The molecule has 1 aromatic carbocycles. The highest BCUT2D eigenvalue weighted by Gasteiger charge is 2.32. The summed E-state index contributed by atoms with van der Waals surface area (Å²) in [4.78, 5) is 0. The summed E-state index contributed by atoms with van der Waals surface area (Å²) in [7, 11) is -3.00. The van der Waals surface area contributed by atoms with Gasteiger partial charge in [-0.1, -0.05) is 12.1 Å². The molecule has 1 aromatic rings. The van der Waals surface area contributed by atoms with Crippen LogP contribution in [0.2, 0.25) is 0 Å². The highest BCUT2D eigenvalue weighted by Crippen LogP contribution is 2.34. The van der Waals surface area contributed by atoms with E-state index < -0.39 is 27.6 Å². The minimum atomic E-state index is -4.40. The van der Waals surface area contributed by atoms with Gasteiger partial charge in [-0.2, -0.15) is 13.2 Å². The number of sulfone groups is 1. The molecule has 1 aliphatic heterocycles. The van der Waals surface area contributed by atoms with Crippen LogP contribution in [-0.2, 0) is 16.0 Å². The van der Waals surface area contributed by atoms with E-state index in [0.717, 1.165) is 12.1 Å². The largest absolute Gasteiger partial charge is 0.416 e. The molecule has 2 N–H and O–H groups in total. The average molecular weight is 307 g/mol. The fourth-order valence-electron chi connectivity index (χ4n) is 2.46. The summed E-state index contributed by atoms with van der Waals surface area (Å²) in [5.41, 5.74) is 5.69. The topological polar surface area (TPSA) is 60.2 Å². The van der Waals surface area contributed by atoms with Crippen molar-refractivity contribution >= 4 is 9.84 Å². The van der Waals surface area contributed by atoms with Gasteiger partial charge in [-0.15, -0.1) is 0 Å². The Hall–Kier alpha value is -1.08. The Morgan fingerprint density at radius 1 is 1.20 bits per heavy atom. The number of halogens is 3. The van der Waals surface area contributed by atoms with Crippen molar-refractivity contribution in [3.63, 3.8) is 0 Å². The van der Waals surface area contributed by atoms with Crippen molar-refractivity contribution in [1.29, 1.82) is 0 Å². The Balaban J connectivity index is 2.16. The van der Waals surface area contributed by atoms with Gasteiger partial charge in [0.25, 0.3) is 0 Å². The van der Waals surface area contributed by atoms with Gasteiger partial charge in [-0.25, -0.2) is 8.42 Å². The van der Waals surface area contributed by atoms with Crippen LogP contribution in [0, 0.1) is 5.92 Å². The van der Waals surface area contributed by atoms with E-state index in [1.165, 1.54) is 6.07 Å². The molecule has 2 rings (SSSR count). The zero-order valence-electron chi connectivity index (χ0n) is 10.7. The lowest BCUT2D eigenvalue weighted by atomic mass is 9.88. The predicted octanol–water partition coefficient (Wildman–Crippen LogP) is 2.53. The minimum absolute atomic E-state index is 0.0598. The van der Waals surface area contributed by atoms with Crippen LogP contribution in [0.1, 0.15) is 30.0 Å². The van der Waals surface area contributed by atoms with E-state index in [4.69, 9.17) is 5.73 Å². The fourth-order valence-corrected chi connectivity index (χ4v) is 3.99. The van der Waals surface area contributed by atoms with Crippen molar-refractivity contribution in [2.45, 2.75) is 25.1 Å². The van der Waals surface area contributed by atoms with Gasteiger partial charge >= 0.3 is 6.18 Å². The van der Waals surface area contributed by atoms with E-state index in [-0.39, 0.29) is 17.4 Å². The highest BCUT2D eigenvalue weighted by atomic mass is 32.2. The van der Waals surface area contributed by atoms with Gasteiger partial charge in [0, 0.05) is 6.04 Å². The molecular formula is C13H16F3NO2S. The summed E-state index contributed by atoms with van der Waals surface area (Å²) in [5.74, 6) is 0.0243. The predicted molar refractivity (Wildman–Crippen MR) is 69.8 cm³/mol. The molecule has 0 aromatic heterocycles. The molecule has 1 fully saturated rings. The fraction of sp³-hybridized carbons (Fsp3) is 0.538. The molecule has 0 aliphatic carbocycles. The van der Waals surface area contributed by atoms with E-state index in [0.29, 0.717) is 18.4 Å².